The standard InChI is InChI=1S/C16H15ClO4S2/c1-7-4-8(18)5-11(19)16(7)15(20)12-9(22-2)6-10(23-3)13(17)14(12)21-16/h6-7H,4-5H2,1-3H3. The van der Waals surface area contributed by atoms with Gasteiger partial charge >= 0.3 is 0 Å². The first-order valence-corrected chi connectivity index (χ1v) is 9.92. The molecule has 2 aliphatic rings. The van der Waals surface area contributed by atoms with Gasteiger partial charge in [-0.25, -0.2) is 0 Å². The molecular weight excluding hydrogens is 356 g/mol. The molecule has 1 aliphatic heterocycles. The monoisotopic (exact) mass is 370 g/mol. The van der Waals surface area contributed by atoms with Crippen LogP contribution in [0.2, 0.25) is 5.02 Å². The van der Waals surface area contributed by atoms with Crippen molar-refractivity contribution in [2.45, 2.75) is 35.2 Å². The Morgan fingerprint density at radius 1 is 1.22 bits per heavy atom. The first-order valence-electron chi connectivity index (χ1n) is 7.10. The molecule has 1 fully saturated rings. The fourth-order valence-electron chi connectivity index (χ4n) is 3.25. The van der Waals surface area contributed by atoms with Crippen molar-refractivity contribution in [1.29, 1.82) is 0 Å². The molecule has 1 heterocycles. The average Bonchev–Trinajstić information content (AvgIpc) is 2.82. The van der Waals surface area contributed by atoms with E-state index in [1.165, 1.54) is 23.5 Å². The van der Waals surface area contributed by atoms with Gasteiger partial charge in [-0.05, 0) is 18.6 Å². The third-order valence-electron chi connectivity index (χ3n) is 4.42. The second-order valence-corrected chi connectivity index (χ2v) is 7.78. The van der Waals surface area contributed by atoms with Crippen LogP contribution in [0.1, 0.15) is 30.1 Å². The number of fused-ring (bicyclic) bond motifs is 1. The Labute approximate surface area is 147 Å². The summed E-state index contributed by atoms with van der Waals surface area (Å²) in [5, 5.41) is 0.354. The fourth-order valence-corrected chi connectivity index (χ4v) is 4.88. The van der Waals surface area contributed by atoms with Gasteiger partial charge in [-0.2, -0.15) is 0 Å². The summed E-state index contributed by atoms with van der Waals surface area (Å²) in [7, 11) is 0. The predicted octanol–water partition coefficient (Wildman–Crippen LogP) is 3.67. The second kappa shape index (κ2) is 5.83. The number of ether oxygens (including phenoxy) is 1. The topological polar surface area (TPSA) is 60.4 Å². The quantitative estimate of drug-likeness (QED) is 0.584. The molecule has 1 aromatic carbocycles. The lowest BCUT2D eigenvalue weighted by Crippen LogP contribution is -2.57. The Balaban J connectivity index is 2.21. The molecule has 2 unspecified atom stereocenters. The van der Waals surface area contributed by atoms with E-state index in [0.717, 1.165) is 9.79 Å². The highest BCUT2D eigenvalue weighted by molar-refractivity contribution is 7.99. The van der Waals surface area contributed by atoms with E-state index in [1.54, 1.807) is 6.92 Å². The summed E-state index contributed by atoms with van der Waals surface area (Å²) in [6.45, 7) is 1.71. The zero-order valence-electron chi connectivity index (χ0n) is 12.9. The van der Waals surface area contributed by atoms with Crippen LogP contribution in [-0.2, 0) is 9.59 Å². The number of halogens is 1. The normalized spacial score (nSPS) is 26.6. The first-order chi connectivity index (χ1) is 10.9. The minimum absolute atomic E-state index is 0.151. The highest BCUT2D eigenvalue weighted by atomic mass is 35.5. The molecule has 4 nitrogen and oxygen atoms in total. The second-order valence-electron chi connectivity index (χ2n) is 5.71. The average molecular weight is 371 g/mol. The van der Waals surface area contributed by atoms with Gasteiger partial charge in [0.1, 0.15) is 5.78 Å². The van der Waals surface area contributed by atoms with Gasteiger partial charge in [-0.3, -0.25) is 14.4 Å². The maximum absolute atomic E-state index is 13.1. The number of ketones is 3. The molecule has 23 heavy (non-hydrogen) atoms. The molecule has 7 heteroatoms. The Bertz CT molecular complexity index is 746. The van der Waals surface area contributed by atoms with Crippen molar-refractivity contribution in [2.75, 3.05) is 12.5 Å². The van der Waals surface area contributed by atoms with Gasteiger partial charge in [-0.1, -0.05) is 18.5 Å². The minimum Gasteiger partial charge on any atom is -0.468 e. The molecule has 0 aromatic heterocycles. The van der Waals surface area contributed by atoms with E-state index in [4.69, 9.17) is 16.3 Å². The SMILES string of the molecule is CSc1cc(SC)c2c(c1Cl)OC1(C(=O)CC(=O)CC1C)C2=O. The van der Waals surface area contributed by atoms with Crippen LogP contribution in [-0.4, -0.2) is 35.5 Å². The molecule has 122 valence electrons. The zero-order valence-corrected chi connectivity index (χ0v) is 15.3. The van der Waals surface area contributed by atoms with Gasteiger partial charge in [-0.15, -0.1) is 23.5 Å². The summed E-state index contributed by atoms with van der Waals surface area (Å²) in [4.78, 5) is 38.9. The molecule has 1 saturated carbocycles. The highest BCUT2D eigenvalue weighted by Gasteiger charge is 2.61. The number of carbonyl (C=O) groups excluding carboxylic acids is 3. The van der Waals surface area contributed by atoms with E-state index < -0.39 is 17.3 Å². The van der Waals surface area contributed by atoms with Gasteiger partial charge in [0.15, 0.2) is 11.5 Å². The molecule has 0 amide bonds. The summed E-state index contributed by atoms with van der Waals surface area (Å²) in [6.07, 6.45) is 3.65. The predicted molar refractivity (Wildman–Crippen MR) is 91.1 cm³/mol. The van der Waals surface area contributed by atoms with Crippen molar-refractivity contribution < 1.29 is 19.1 Å². The lowest BCUT2D eigenvalue weighted by atomic mass is 9.72. The summed E-state index contributed by atoms with van der Waals surface area (Å²) in [5.74, 6) is -1.20. The number of carbonyl (C=O) groups is 3. The molecule has 0 radical (unpaired) electrons. The molecule has 3 rings (SSSR count). The van der Waals surface area contributed by atoms with Gasteiger partial charge in [0, 0.05) is 22.1 Å². The van der Waals surface area contributed by atoms with E-state index in [-0.39, 0.29) is 30.2 Å². The zero-order chi connectivity index (χ0) is 16.9. The molecular formula is C16H15ClO4S2. The van der Waals surface area contributed by atoms with E-state index in [9.17, 15) is 14.4 Å². The van der Waals surface area contributed by atoms with Crippen LogP contribution in [0.15, 0.2) is 15.9 Å². The summed E-state index contributed by atoms with van der Waals surface area (Å²) in [6, 6.07) is 1.85. The van der Waals surface area contributed by atoms with Crippen LogP contribution in [0, 0.1) is 5.92 Å². The molecule has 1 spiro atoms. The smallest absolute Gasteiger partial charge is 0.232 e. The van der Waals surface area contributed by atoms with Crippen molar-refractivity contribution in [3.63, 3.8) is 0 Å². The number of thioether (sulfide) groups is 2. The lowest BCUT2D eigenvalue weighted by Gasteiger charge is -2.34. The van der Waals surface area contributed by atoms with Gasteiger partial charge in [0.25, 0.3) is 0 Å². The molecule has 0 saturated heterocycles. The molecule has 0 N–H and O–H groups in total. The summed E-state index contributed by atoms with van der Waals surface area (Å²) < 4.78 is 5.93. The summed E-state index contributed by atoms with van der Waals surface area (Å²) >= 11 is 9.26. The Hall–Kier alpha value is -0.980. The molecule has 0 bridgehead atoms. The third kappa shape index (κ3) is 2.26. The van der Waals surface area contributed by atoms with Crippen LogP contribution in [0.25, 0.3) is 0 Å². The van der Waals surface area contributed by atoms with Gasteiger partial charge in [0.05, 0.1) is 17.0 Å². The third-order valence-corrected chi connectivity index (χ3v) is 6.43. The van der Waals surface area contributed by atoms with Crippen molar-refractivity contribution in [3.05, 3.63) is 16.7 Å². The lowest BCUT2D eigenvalue weighted by molar-refractivity contribution is -0.143. The van der Waals surface area contributed by atoms with Crippen LogP contribution in [0.4, 0.5) is 0 Å². The van der Waals surface area contributed by atoms with E-state index in [1.807, 2.05) is 18.6 Å². The van der Waals surface area contributed by atoms with Crippen molar-refractivity contribution in [1.82, 2.24) is 0 Å². The molecule has 1 aromatic rings. The maximum Gasteiger partial charge on any atom is 0.232 e. The number of hydrogen-bond acceptors (Lipinski definition) is 6. The maximum atomic E-state index is 13.1. The van der Waals surface area contributed by atoms with Gasteiger partial charge in [0.2, 0.25) is 11.4 Å². The van der Waals surface area contributed by atoms with E-state index in [0.29, 0.717) is 10.6 Å². The van der Waals surface area contributed by atoms with Crippen molar-refractivity contribution >= 4 is 52.5 Å². The minimum atomic E-state index is -1.60. The van der Waals surface area contributed by atoms with Crippen molar-refractivity contribution in [3.8, 4) is 5.75 Å². The Kier molecular flexibility index (Phi) is 4.27. The van der Waals surface area contributed by atoms with Crippen LogP contribution >= 0.6 is 35.1 Å². The molecule has 1 aliphatic carbocycles. The Morgan fingerprint density at radius 3 is 2.43 bits per heavy atom. The fraction of sp³-hybridized carbons (Fsp3) is 0.438. The Morgan fingerprint density at radius 2 is 1.87 bits per heavy atom. The number of Topliss-reactive ketones (excluding diaryl/α,β-unsaturated/α-hetero) is 3. The number of rotatable bonds is 2. The first kappa shape index (κ1) is 16.9. The summed E-state index contributed by atoms with van der Waals surface area (Å²) in [5.41, 5.74) is -1.23. The van der Waals surface area contributed by atoms with Crippen LogP contribution in [0.3, 0.4) is 0 Å². The number of benzene rings is 1. The van der Waals surface area contributed by atoms with Crippen LogP contribution in [0.5, 0.6) is 5.75 Å². The van der Waals surface area contributed by atoms with E-state index >= 15 is 0 Å². The number of hydrogen-bond donors (Lipinski definition) is 0. The van der Waals surface area contributed by atoms with Gasteiger partial charge < -0.3 is 4.74 Å². The molecule has 2 atom stereocenters. The highest BCUT2D eigenvalue weighted by Crippen LogP contribution is 2.51. The van der Waals surface area contributed by atoms with Crippen LogP contribution < -0.4 is 4.74 Å². The van der Waals surface area contributed by atoms with E-state index in [2.05, 4.69) is 0 Å². The van der Waals surface area contributed by atoms with Crippen molar-refractivity contribution in [2.24, 2.45) is 5.92 Å². The largest absolute Gasteiger partial charge is 0.468 e.